The number of ether oxygens (including phenoxy) is 1. The lowest BCUT2D eigenvalue weighted by Gasteiger charge is -2.40. The molecule has 3 heterocycles. The van der Waals surface area contributed by atoms with Crippen molar-refractivity contribution >= 4 is 17.4 Å². The first-order valence-corrected chi connectivity index (χ1v) is 11.1. The highest BCUT2D eigenvalue weighted by Gasteiger charge is 2.36. The van der Waals surface area contributed by atoms with E-state index in [1.807, 2.05) is 48.2 Å². The standard InChI is InChI=1S/C25H30N6O2/c1-17-29-22(14-23(26)30-17)25(2)9-4-12-31(16-25)24(32)19-5-6-21(33-3)20(13-19)28-15-18-7-10-27-11-8-18/h5-8,10-11,13-14,28H,4,9,12,15-16H2,1-3H3,(H2,26,29,30)/t25-/m1/s1. The Morgan fingerprint density at radius 3 is 2.73 bits per heavy atom. The number of methoxy groups -OCH3 is 1. The summed E-state index contributed by atoms with van der Waals surface area (Å²) in [6, 6.07) is 11.2. The molecule has 2 aromatic heterocycles. The van der Waals surface area contributed by atoms with Crippen molar-refractivity contribution < 1.29 is 9.53 Å². The van der Waals surface area contributed by atoms with E-state index < -0.39 is 0 Å². The van der Waals surface area contributed by atoms with Crippen molar-refractivity contribution in [3.8, 4) is 5.75 Å². The lowest BCUT2D eigenvalue weighted by atomic mass is 9.78. The number of amides is 1. The minimum Gasteiger partial charge on any atom is -0.495 e. The summed E-state index contributed by atoms with van der Waals surface area (Å²) in [7, 11) is 1.62. The molecule has 0 saturated carbocycles. The third-order valence-electron chi connectivity index (χ3n) is 6.14. The van der Waals surface area contributed by atoms with Gasteiger partial charge in [0.2, 0.25) is 0 Å². The normalized spacial score (nSPS) is 18.1. The molecule has 0 radical (unpaired) electrons. The number of likely N-dealkylation sites (tertiary alicyclic amines) is 1. The molecule has 0 unspecified atom stereocenters. The topological polar surface area (TPSA) is 106 Å². The van der Waals surface area contributed by atoms with Crippen LogP contribution in [0.4, 0.5) is 11.5 Å². The average molecular weight is 447 g/mol. The quantitative estimate of drug-likeness (QED) is 0.596. The summed E-state index contributed by atoms with van der Waals surface area (Å²) in [5.74, 6) is 1.79. The summed E-state index contributed by atoms with van der Waals surface area (Å²) >= 11 is 0. The van der Waals surface area contributed by atoms with Crippen LogP contribution >= 0.6 is 0 Å². The minimum absolute atomic E-state index is 0.00529. The van der Waals surface area contributed by atoms with Gasteiger partial charge in [-0.15, -0.1) is 0 Å². The Kier molecular flexibility index (Phi) is 6.44. The number of hydrogen-bond donors (Lipinski definition) is 2. The Morgan fingerprint density at radius 2 is 2.00 bits per heavy atom. The fourth-order valence-electron chi connectivity index (χ4n) is 4.38. The van der Waals surface area contributed by atoms with Gasteiger partial charge in [0.05, 0.1) is 18.5 Å². The number of nitrogens with one attached hydrogen (secondary N) is 1. The van der Waals surface area contributed by atoms with Gasteiger partial charge >= 0.3 is 0 Å². The Hall–Kier alpha value is -3.68. The van der Waals surface area contributed by atoms with E-state index in [0.717, 1.165) is 29.8 Å². The SMILES string of the molecule is COc1ccc(C(=O)N2CCC[C@@](C)(c3cc(N)nc(C)n3)C2)cc1NCc1ccncc1. The van der Waals surface area contributed by atoms with Crippen LogP contribution in [0.25, 0.3) is 0 Å². The molecule has 172 valence electrons. The largest absolute Gasteiger partial charge is 0.495 e. The number of benzene rings is 1. The molecule has 3 aromatic rings. The number of pyridine rings is 1. The third-order valence-corrected chi connectivity index (χ3v) is 6.14. The summed E-state index contributed by atoms with van der Waals surface area (Å²) in [5, 5.41) is 3.38. The van der Waals surface area contributed by atoms with Gasteiger partial charge < -0.3 is 20.7 Å². The molecular formula is C25H30N6O2. The molecule has 1 aromatic carbocycles. The first kappa shape index (κ1) is 22.5. The van der Waals surface area contributed by atoms with Crippen LogP contribution < -0.4 is 15.8 Å². The third kappa shape index (κ3) is 5.05. The number of hydrogen-bond acceptors (Lipinski definition) is 7. The number of nitrogens with zero attached hydrogens (tertiary/aromatic N) is 4. The number of carbonyl (C=O) groups excluding carboxylic acids is 1. The maximum atomic E-state index is 13.5. The lowest BCUT2D eigenvalue weighted by Crippen LogP contribution is -2.47. The second-order valence-electron chi connectivity index (χ2n) is 8.74. The molecule has 4 rings (SSSR count). The molecule has 0 bridgehead atoms. The lowest BCUT2D eigenvalue weighted by molar-refractivity contribution is 0.0647. The van der Waals surface area contributed by atoms with Gasteiger partial charge in [0.25, 0.3) is 5.91 Å². The second-order valence-corrected chi connectivity index (χ2v) is 8.74. The number of anilines is 2. The van der Waals surface area contributed by atoms with Crippen molar-refractivity contribution in [3.05, 3.63) is 71.4 Å². The van der Waals surface area contributed by atoms with Crippen LogP contribution in [0.3, 0.4) is 0 Å². The predicted molar refractivity (Wildman–Crippen MR) is 128 cm³/mol. The fourth-order valence-corrected chi connectivity index (χ4v) is 4.38. The van der Waals surface area contributed by atoms with Crippen molar-refractivity contribution in [1.29, 1.82) is 0 Å². The number of nitrogen functional groups attached to an aromatic ring is 1. The van der Waals surface area contributed by atoms with Crippen LogP contribution in [-0.2, 0) is 12.0 Å². The number of carbonyl (C=O) groups is 1. The van der Waals surface area contributed by atoms with Gasteiger partial charge in [-0.2, -0.15) is 0 Å². The molecule has 1 amide bonds. The van der Waals surface area contributed by atoms with Crippen molar-refractivity contribution in [1.82, 2.24) is 19.9 Å². The fraction of sp³-hybridized carbons (Fsp3) is 0.360. The molecule has 33 heavy (non-hydrogen) atoms. The summed E-state index contributed by atoms with van der Waals surface area (Å²) in [6.45, 7) is 5.87. The number of aromatic nitrogens is 3. The van der Waals surface area contributed by atoms with Crippen molar-refractivity contribution in [2.75, 3.05) is 31.2 Å². The second kappa shape index (κ2) is 9.44. The molecule has 1 aliphatic rings. The first-order valence-electron chi connectivity index (χ1n) is 11.1. The zero-order chi connectivity index (χ0) is 23.4. The van der Waals surface area contributed by atoms with Gasteiger partial charge in [-0.3, -0.25) is 9.78 Å². The highest BCUT2D eigenvalue weighted by atomic mass is 16.5. The van der Waals surface area contributed by atoms with E-state index >= 15 is 0 Å². The van der Waals surface area contributed by atoms with E-state index in [0.29, 0.717) is 42.6 Å². The molecule has 1 saturated heterocycles. The Bertz CT molecular complexity index is 1120. The molecule has 0 aliphatic carbocycles. The van der Waals surface area contributed by atoms with Gasteiger partial charge in [-0.1, -0.05) is 6.92 Å². The summed E-state index contributed by atoms with van der Waals surface area (Å²) in [5.41, 5.74) is 9.08. The van der Waals surface area contributed by atoms with E-state index in [-0.39, 0.29) is 11.3 Å². The van der Waals surface area contributed by atoms with Gasteiger partial charge in [-0.25, -0.2) is 9.97 Å². The number of rotatable bonds is 6. The average Bonchev–Trinajstić information content (AvgIpc) is 2.82. The zero-order valence-corrected chi connectivity index (χ0v) is 19.3. The summed E-state index contributed by atoms with van der Waals surface area (Å²) < 4.78 is 5.50. The van der Waals surface area contributed by atoms with E-state index in [2.05, 4.69) is 27.2 Å². The van der Waals surface area contributed by atoms with E-state index in [4.69, 9.17) is 10.5 Å². The maximum absolute atomic E-state index is 13.5. The highest BCUT2D eigenvalue weighted by molar-refractivity contribution is 5.95. The van der Waals surface area contributed by atoms with Gasteiger partial charge in [-0.05, 0) is 55.7 Å². The smallest absolute Gasteiger partial charge is 0.253 e. The Morgan fingerprint density at radius 1 is 1.21 bits per heavy atom. The Labute approximate surface area is 194 Å². The highest BCUT2D eigenvalue weighted by Crippen LogP contribution is 2.34. The van der Waals surface area contributed by atoms with Gasteiger partial charge in [0.15, 0.2) is 0 Å². The van der Waals surface area contributed by atoms with Crippen LogP contribution in [0.15, 0.2) is 48.8 Å². The molecular weight excluding hydrogens is 416 g/mol. The number of nitrogens with two attached hydrogens (primary N) is 1. The van der Waals surface area contributed by atoms with Crippen LogP contribution in [0.5, 0.6) is 5.75 Å². The van der Waals surface area contributed by atoms with E-state index in [9.17, 15) is 4.79 Å². The van der Waals surface area contributed by atoms with Crippen LogP contribution in [0.1, 0.15) is 47.2 Å². The molecule has 1 aliphatic heterocycles. The van der Waals surface area contributed by atoms with Gasteiger partial charge in [0.1, 0.15) is 17.4 Å². The summed E-state index contributed by atoms with van der Waals surface area (Å²) in [4.78, 5) is 28.2. The molecule has 8 heteroatoms. The van der Waals surface area contributed by atoms with Crippen LogP contribution in [0.2, 0.25) is 0 Å². The van der Waals surface area contributed by atoms with E-state index in [1.54, 1.807) is 19.5 Å². The number of piperidine rings is 1. The first-order chi connectivity index (χ1) is 15.9. The zero-order valence-electron chi connectivity index (χ0n) is 19.3. The summed E-state index contributed by atoms with van der Waals surface area (Å²) in [6.07, 6.45) is 5.35. The predicted octanol–water partition coefficient (Wildman–Crippen LogP) is 3.58. The minimum atomic E-state index is -0.273. The van der Waals surface area contributed by atoms with Crippen LogP contribution in [0, 0.1) is 6.92 Å². The molecule has 1 fully saturated rings. The van der Waals surface area contributed by atoms with Gasteiger partial charge in [0, 0.05) is 49.1 Å². The molecule has 8 nitrogen and oxygen atoms in total. The number of aryl methyl sites for hydroxylation is 1. The van der Waals surface area contributed by atoms with E-state index in [1.165, 1.54) is 0 Å². The van der Waals surface area contributed by atoms with Crippen molar-refractivity contribution in [2.24, 2.45) is 0 Å². The van der Waals surface area contributed by atoms with Crippen molar-refractivity contribution in [3.63, 3.8) is 0 Å². The maximum Gasteiger partial charge on any atom is 0.253 e. The monoisotopic (exact) mass is 446 g/mol. The molecule has 0 spiro atoms. The van der Waals surface area contributed by atoms with Crippen LogP contribution in [-0.4, -0.2) is 46.0 Å². The van der Waals surface area contributed by atoms with Crippen molar-refractivity contribution in [2.45, 2.75) is 38.6 Å². The Balaban J connectivity index is 1.54. The molecule has 3 N–H and O–H groups in total. The molecule has 1 atom stereocenters.